The number of nitrogens with zero attached hydrogens (tertiary/aromatic N) is 2. The Morgan fingerprint density at radius 1 is 1.44 bits per heavy atom. The fourth-order valence-corrected chi connectivity index (χ4v) is 3.84. The van der Waals surface area contributed by atoms with Gasteiger partial charge in [-0.15, -0.1) is 0 Å². The van der Waals surface area contributed by atoms with E-state index in [9.17, 15) is 4.79 Å². The van der Waals surface area contributed by atoms with Gasteiger partial charge in [-0.25, -0.2) is 0 Å². The lowest BCUT2D eigenvalue weighted by Crippen LogP contribution is -2.56. The predicted molar refractivity (Wildman–Crippen MR) is 93.0 cm³/mol. The van der Waals surface area contributed by atoms with Gasteiger partial charge in [0.05, 0.1) is 37.7 Å². The lowest BCUT2D eigenvalue weighted by Gasteiger charge is -2.44. The molecule has 1 amide bonds. The number of carbonyl (C=O) groups is 1. The predicted octanol–water partition coefficient (Wildman–Crippen LogP) is 2.03. The molecule has 2 atom stereocenters. The van der Waals surface area contributed by atoms with E-state index in [1.807, 2.05) is 30.0 Å². The molecule has 0 unspecified atom stereocenters. The molecule has 0 bridgehead atoms. The second-order valence-electron chi connectivity index (χ2n) is 6.79. The lowest BCUT2D eigenvalue weighted by molar-refractivity contribution is -0.165. The van der Waals surface area contributed by atoms with Gasteiger partial charge in [-0.05, 0) is 31.9 Å². The topological polar surface area (TPSA) is 60.9 Å². The summed E-state index contributed by atoms with van der Waals surface area (Å²) < 4.78 is 17.4. The minimum absolute atomic E-state index is 0.0598. The number of ether oxygens (including phenoxy) is 3. The van der Waals surface area contributed by atoms with Crippen molar-refractivity contribution in [1.29, 1.82) is 0 Å². The van der Waals surface area contributed by atoms with Gasteiger partial charge in [0.15, 0.2) is 0 Å². The maximum absolute atomic E-state index is 12.3. The second-order valence-corrected chi connectivity index (χ2v) is 6.79. The molecule has 6 heteroatoms. The normalized spacial score (nSPS) is 26.3. The number of carbonyl (C=O) groups excluding carboxylic acids is 1. The summed E-state index contributed by atoms with van der Waals surface area (Å²) in [6.07, 6.45) is 4.96. The first-order valence-electron chi connectivity index (χ1n) is 9.20. The van der Waals surface area contributed by atoms with E-state index < -0.39 is 0 Å². The van der Waals surface area contributed by atoms with E-state index in [0.717, 1.165) is 25.0 Å². The summed E-state index contributed by atoms with van der Waals surface area (Å²) in [7, 11) is 0. The minimum Gasteiger partial charge on any atom is -0.375 e. The molecule has 2 fully saturated rings. The van der Waals surface area contributed by atoms with E-state index in [4.69, 9.17) is 14.2 Å². The fourth-order valence-electron chi connectivity index (χ4n) is 3.84. The zero-order chi connectivity index (χ0) is 17.5. The molecular formula is C19H28N2O4. The van der Waals surface area contributed by atoms with Crippen molar-refractivity contribution in [2.24, 2.45) is 5.92 Å². The van der Waals surface area contributed by atoms with E-state index in [-0.39, 0.29) is 18.1 Å². The Morgan fingerprint density at radius 3 is 3.16 bits per heavy atom. The summed E-state index contributed by atoms with van der Waals surface area (Å²) in [6.45, 7) is 5.67. The van der Waals surface area contributed by atoms with Crippen LogP contribution in [-0.4, -0.2) is 60.9 Å². The molecule has 3 rings (SSSR count). The average molecular weight is 348 g/mol. The molecular weight excluding hydrogens is 320 g/mol. The van der Waals surface area contributed by atoms with E-state index in [1.54, 1.807) is 6.20 Å². The highest BCUT2D eigenvalue weighted by molar-refractivity contribution is 5.77. The molecule has 0 N–H and O–H groups in total. The molecule has 1 saturated carbocycles. The van der Waals surface area contributed by atoms with Crippen molar-refractivity contribution in [2.45, 2.75) is 38.4 Å². The van der Waals surface area contributed by atoms with Crippen LogP contribution in [0.3, 0.4) is 0 Å². The molecule has 25 heavy (non-hydrogen) atoms. The quantitative estimate of drug-likeness (QED) is 0.755. The fraction of sp³-hybridized carbons (Fsp3) is 0.684. The van der Waals surface area contributed by atoms with Gasteiger partial charge in [-0.3, -0.25) is 9.78 Å². The molecule has 6 nitrogen and oxygen atoms in total. The van der Waals surface area contributed by atoms with Crippen LogP contribution in [0, 0.1) is 5.92 Å². The van der Waals surface area contributed by atoms with Gasteiger partial charge < -0.3 is 19.1 Å². The van der Waals surface area contributed by atoms with Crippen LogP contribution in [0.2, 0.25) is 0 Å². The van der Waals surface area contributed by atoms with Crippen LogP contribution in [-0.2, 0) is 25.6 Å². The van der Waals surface area contributed by atoms with Gasteiger partial charge in [0.2, 0.25) is 5.91 Å². The SMILES string of the molecule is CCOCC(=O)N1CCO[C@]2(CCC[C@H]2COCc2ccccn2)C1. The summed E-state index contributed by atoms with van der Waals surface area (Å²) in [5.41, 5.74) is 0.678. The first-order chi connectivity index (χ1) is 12.2. The molecule has 1 saturated heterocycles. The molecule has 1 spiro atoms. The zero-order valence-corrected chi connectivity index (χ0v) is 15.0. The summed E-state index contributed by atoms with van der Waals surface area (Å²) in [5, 5.41) is 0. The molecule has 0 radical (unpaired) electrons. The third kappa shape index (κ3) is 4.57. The Balaban J connectivity index is 1.54. The van der Waals surface area contributed by atoms with E-state index >= 15 is 0 Å². The molecule has 1 aromatic heterocycles. The van der Waals surface area contributed by atoms with Gasteiger partial charge in [0.25, 0.3) is 0 Å². The third-order valence-corrected chi connectivity index (χ3v) is 5.18. The van der Waals surface area contributed by atoms with Crippen LogP contribution in [0.5, 0.6) is 0 Å². The maximum Gasteiger partial charge on any atom is 0.248 e. The van der Waals surface area contributed by atoms with Crippen LogP contribution in [0.15, 0.2) is 24.4 Å². The van der Waals surface area contributed by atoms with Crippen LogP contribution in [0.4, 0.5) is 0 Å². The standard InChI is InChI=1S/C19H28N2O4/c1-2-23-14-18(22)21-10-11-25-19(15-21)8-5-6-16(19)12-24-13-17-7-3-4-9-20-17/h3-4,7,9,16H,2,5-6,8,10-15H2,1H3/t16-,19+/m0/s1. The van der Waals surface area contributed by atoms with Crippen LogP contribution < -0.4 is 0 Å². The minimum atomic E-state index is -0.260. The molecule has 1 aromatic rings. The Labute approximate surface area is 149 Å². The maximum atomic E-state index is 12.3. The van der Waals surface area contributed by atoms with Crippen molar-refractivity contribution in [1.82, 2.24) is 9.88 Å². The lowest BCUT2D eigenvalue weighted by atomic mass is 9.89. The van der Waals surface area contributed by atoms with Crippen molar-refractivity contribution in [3.8, 4) is 0 Å². The third-order valence-electron chi connectivity index (χ3n) is 5.18. The number of amides is 1. The number of hydrogen-bond donors (Lipinski definition) is 0. The number of rotatable bonds is 7. The highest BCUT2D eigenvalue weighted by Gasteiger charge is 2.47. The smallest absolute Gasteiger partial charge is 0.248 e. The van der Waals surface area contributed by atoms with Crippen LogP contribution in [0.1, 0.15) is 31.9 Å². The zero-order valence-electron chi connectivity index (χ0n) is 15.0. The molecule has 2 aliphatic rings. The van der Waals surface area contributed by atoms with Crippen LogP contribution in [0.25, 0.3) is 0 Å². The van der Waals surface area contributed by atoms with Crippen LogP contribution >= 0.6 is 0 Å². The van der Waals surface area contributed by atoms with Crippen molar-refractivity contribution >= 4 is 5.91 Å². The molecule has 2 heterocycles. The highest BCUT2D eigenvalue weighted by atomic mass is 16.5. The van der Waals surface area contributed by atoms with Crippen molar-refractivity contribution < 1.29 is 19.0 Å². The first kappa shape index (κ1) is 18.3. The number of aromatic nitrogens is 1. The second kappa shape index (κ2) is 8.74. The Morgan fingerprint density at radius 2 is 2.36 bits per heavy atom. The number of morpholine rings is 1. The average Bonchev–Trinajstić information content (AvgIpc) is 3.02. The molecule has 138 valence electrons. The van der Waals surface area contributed by atoms with Gasteiger partial charge in [0.1, 0.15) is 6.61 Å². The van der Waals surface area contributed by atoms with E-state index in [2.05, 4.69) is 4.98 Å². The molecule has 1 aliphatic carbocycles. The summed E-state index contributed by atoms with van der Waals surface area (Å²) in [4.78, 5) is 18.5. The van der Waals surface area contributed by atoms with Gasteiger partial charge in [-0.2, -0.15) is 0 Å². The van der Waals surface area contributed by atoms with Crippen molar-refractivity contribution in [2.75, 3.05) is 39.5 Å². The first-order valence-corrected chi connectivity index (χ1v) is 9.20. The van der Waals surface area contributed by atoms with Gasteiger partial charge in [0, 0.05) is 25.3 Å². The summed E-state index contributed by atoms with van der Waals surface area (Å²) >= 11 is 0. The molecule has 0 aromatic carbocycles. The summed E-state index contributed by atoms with van der Waals surface area (Å²) in [6, 6.07) is 5.84. The van der Waals surface area contributed by atoms with Gasteiger partial charge >= 0.3 is 0 Å². The number of hydrogen-bond acceptors (Lipinski definition) is 5. The summed E-state index contributed by atoms with van der Waals surface area (Å²) in [5.74, 6) is 0.378. The Hall–Kier alpha value is -1.50. The van der Waals surface area contributed by atoms with Gasteiger partial charge in [-0.1, -0.05) is 12.5 Å². The number of pyridine rings is 1. The van der Waals surface area contributed by atoms with E-state index in [1.165, 1.54) is 0 Å². The Kier molecular flexibility index (Phi) is 6.39. The largest absolute Gasteiger partial charge is 0.375 e. The van der Waals surface area contributed by atoms with Crippen molar-refractivity contribution in [3.63, 3.8) is 0 Å². The van der Waals surface area contributed by atoms with Crippen molar-refractivity contribution in [3.05, 3.63) is 30.1 Å². The molecule has 1 aliphatic heterocycles. The Bertz CT molecular complexity index is 554. The highest BCUT2D eigenvalue weighted by Crippen LogP contribution is 2.41. The van der Waals surface area contributed by atoms with E-state index in [0.29, 0.717) is 45.4 Å². The monoisotopic (exact) mass is 348 g/mol.